The lowest BCUT2D eigenvalue weighted by Crippen LogP contribution is -1.87. The Morgan fingerprint density at radius 1 is 0.875 bits per heavy atom. The summed E-state index contributed by atoms with van der Waals surface area (Å²) in [5.41, 5.74) is 1.33. The Morgan fingerprint density at radius 2 is 1.62 bits per heavy atom. The zero-order valence-corrected chi connectivity index (χ0v) is 9.63. The first kappa shape index (κ1) is 14.8. The molecule has 4 nitrogen and oxygen atoms in total. The fraction of sp³-hybridized carbons (Fsp3) is 0. The first-order chi connectivity index (χ1) is 6.79. The number of nitrogens with zero attached hydrogens (tertiary/aromatic N) is 2. The first-order valence-corrected chi connectivity index (χ1v) is 4.76. The van der Waals surface area contributed by atoms with Gasteiger partial charge in [-0.05, 0) is 18.2 Å². The SMILES string of the molecule is Clc1ccnc(-c2ccccn2)c1Cl.O.O. The molecule has 2 aromatic rings. The first-order valence-electron chi connectivity index (χ1n) is 4.00. The van der Waals surface area contributed by atoms with E-state index in [2.05, 4.69) is 9.97 Å². The van der Waals surface area contributed by atoms with Crippen molar-refractivity contribution in [3.63, 3.8) is 0 Å². The number of rotatable bonds is 1. The third-order valence-corrected chi connectivity index (χ3v) is 2.54. The fourth-order valence-corrected chi connectivity index (χ4v) is 1.46. The van der Waals surface area contributed by atoms with Crippen molar-refractivity contribution in [2.45, 2.75) is 0 Å². The van der Waals surface area contributed by atoms with E-state index in [0.717, 1.165) is 5.69 Å². The van der Waals surface area contributed by atoms with Crippen molar-refractivity contribution < 1.29 is 11.0 Å². The molecule has 0 unspecified atom stereocenters. The van der Waals surface area contributed by atoms with E-state index in [4.69, 9.17) is 23.2 Å². The second-order valence-electron chi connectivity index (χ2n) is 2.67. The highest BCUT2D eigenvalue weighted by Crippen LogP contribution is 2.29. The van der Waals surface area contributed by atoms with Gasteiger partial charge in [-0.3, -0.25) is 9.97 Å². The maximum Gasteiger partial charge on any atom is 0.109 e. The summed E-state index contributed by atoms with van der Waals surface area (Å²) >= 11 is 11.9. The van der Waals surface area contributed by atoms with Gasteiger partial charge in [0.2, 0.25) is 0 Å². The Labute approximate surface area is 102 Å². The van der Waals surface area contributed by atoms with E-state index in [1.54, 1.807) is 18.5 Å². The second-order valence-corrected chi connectivity index (χ2v) is 3.46. The van der Waals surface area contributed by atoms with Crippen LogP contribution < -0.4 is 0 Å². The van der Waals surface area contributed by atoms with E-state index in [-0.39, 0.29) is 11.0 Å². The summed E-state index contributed by atoms with van der Waals surface area (Å²) in [6.07, 6.45) is 3.30. The van der Waals surface area contributed by atoms with Crippen molar-refractivity contribution in [3.8, 4) is 11.4 Å². The average molecular weight is 261 g/mol. The molecule has 4 N–H and O–H groups in total. The Kier molecular flexibility index (Phi) is 5.92. The number of halogens is 2. The van der Waals surface area contributed by atoms with Crippen molar-refractivity contribution in [3.05, 3.63) is 46.7 Å². The number of hydrogen-bond donors (Lipinski definition) is 0. The van der Waals surface area contributed by atoms with Crippen LogP contribution in [-0.2, 0) is 0 Å². The van der Waals surface area contributed by atoms with E-state index in [0.29, 0.717) is 15.7 Å². The van der Waals surface area contributed by atoms with Gasteiger partial charge in [-0.15, -0.1) is 0 Å². The standard InChI is InChI=1S/C10H6Cl2N2.2H2O/c11-7-4-6-14-10(9(7)12)8-3-1-2-5-13-8;;/h1-6H;2*1H2. The summed E-state index contributed by atoms with van der Waals surface area (Å²) in [5.74, 6) is 0. The largest absolute Gasteiger partial charge is 0.412 e. The van der Waals surface area contributed by atoms with Gasteiger partial charge >= 0.3 is 0 Å². The van der Waals surface area contributed by atoms with Crippen LogP contribution in [0.4, 0.5) is 0 Å². The topological polar surface area (TPSA) is 88.8 Å². The lowest BCUT2D eigenvalue weighted by Gasteiger charge is -2.02. The molecule has 0 aromatic carbocycles. The van der Waals surface area contributed by atoms with Gasteiger partial charge in [0.15, 0.2) is 0 Å². The summed E-state index contributed by atoms with van der Waals surface area (Å²) in [6.45, 7) is 0. The van der Waals surface area contributed by atoms with E-state index >= 15 is 0 Å². The van der Waals surface area contributed by atoms with Crippen molar-refractivity contribution in [1.82, 2.24) is 9.97 Å². The molecule has 2 aromatic heterocycles. The molecule has 2 rings (SSSR count). The zero-order valence-electron chi connectivity index (χ0n) is 8.11. The maximum atomic E-state index is 5.99. The van der Waals surface area contributed by atoms with E-state index in [1.807, 2.05) is 18.2 Å². The molecule has 0 aliphatic heterocycles. The van der Waals surface area contributed by atoms with Crippen LogP contribution in [0.3, 0.4) is 0 Å². The number of aromatic nitrogens is 2. The van der Waals surface area contributed by atoms with Crippen LogP contribution in [0.5, 0.6) is 0 Å². The Bertz CT molecular complexity index is 452. The molecule has 86 valence electrons. The van der Waals surface area contributed by atoms with Gasteiger partial charge in [0, 0.05) is 12.4 Å². The smallest absolute Gasteiger partial charge is 0.109 e. The number of hydrogen-bond acceptors (Lipinski definition) is 2. The quantitative estimate of drug-likeness (QED) is 0.783. The Hall–Kier alpha value is -1.20. The zero-order chi connectivity index (χ0) is 9.97. The van der Waals surface area contributed by atoms with Crippen LogP contribution in [0.15, 0.2) is 36.7 Å². The summed E-state index contributed by atoms with van der Waals surface area (Å²) < 4.78 is 0. The van der Waals surface area contributed by atoms with Crippen LogP contribution in [0.1, 0.15) is 0 Å². The predicted octanol–water partition coefficient (Wildman–Crippen LogP) is 1.80. The van der Waals surface area contributed by atoms with Crippen LogP contribution in [0, 0.1) is 0 Å². The van der Waals surface area contributed by atoms with Gasteiger partial charge in [-0.1, -0.05) is 29.3 Å². The highest BCUT2D eigenvalue weighted by atomic mass is 35.5. The van der Waals surface area contributed by atoms with Gasteiger partial charge in [-0.25, -0.2) is 0 Å². The second kappa shape index (κ2) is 6.40. The minimum atomic E-state index is 0. The van der Waals surface area contributed by atoms with Crippen molar-refractivity contribution in [2.24, 2.45) is 0 Å². The van der Waals surface area contributed by atoms with Gasteiger partial charge in [0.1, 0.15) is 5.69 Å². The molecular formula is C10H10Cl2N2O2. The molecule has 0 amide bonds. The molecule has 0 atom stereocenters. The van der Waals surface area contributed by atoms with Crippen LogP contribution in [0.25, 0.3) is 11.4 Å². The molecule has 0 saturated heterocycles. The molecule has 0 aliphatic carbocycles. The molecule has 0 aliphatic rings. The summed E-state index contributed by atoms with van der Waals surface area (Å²) in [7, 11) is 0. The minimum absolute atomic E-state index is 0. The molecule has 0 bridgehead atoms. The van der Waals surface area contributed by atoms with E-state index in [1.165, 1.54) is 0 Å². The molecule has 0 radical (unpaired) electrons. The van der Waals surface area contributed by atoms with Gasteiger partial charge in [0.25, 0.3) is 0 Å². The van der Waals surface area contributed by atoms with E-state index < -0.39 is 0 Å². The Morgan fingerprint density at radius 3 is 2.25 bits per heavy atom. The molecule has 0 saturated carbocycles. The summed E-state index contributed by atoms with van der Waals surface area (Å²) in [6, 6.07) is 7.20. The van der Waals surface area contributed by atoms with Crippen LogP contribution in [0.2, 0.25) is 10.0 Å². The summed E-state index contributed by atoms with van der Waals surface area (Å²) in [4.78, 5) is 8.28. The van der Waals surface area contributed by atoms with Crippen molar-refractivity contribution in [2.75, 3.05) is 0 Å². The fourth-order valence-electron chi connectivity index (χ4n) is 1.10. The summed E-state index contributed by atoms with van der Waals surface area (Å²) in [5, 5.41) is 0.926. The number of pyridine rings is 2. The monoisotopic (exact) mass is 260 g/mol. The predicted molar refractivity (Wildman–Crippen MR) is 64.7 cm³/mol. The maximum absolute atomic E-state index is 5.99. The molecule has 16 heavy (non-hydrogen) atoms. The van der Waals surface area contributed by atoms with Crippen LogP contribution >= 0.6 is 23.2 Å². The lowest BCUT2D eigenvalue weighted by atomic mass is 10.2. The third-order valence-electron chi connectivity index (χ3n) is 1.75. The minimum Gasteiger partial charge on any atom is -0.412 e. The van der Waals surface area contributed by atoms with Gasteiger partial charge in [-0.2, -0.15) is 0 Å². The highest BCUT2D eigenvalue weighted by molar-refractivity contribution is 6.43. The Balaban J connectivity index is 0.00000112. The molecule has 2 heterocycles. The van der Waals surface area contributed by atoms with E-state index in [9.17, 15) is 0 Å². The average Bonchev–Trinajstić information content (AvgIpc) is 2.23. The molecular weight excluding hydrogens is 251 g/mol. The third kappa shape index (κ3) is 2.90. The lowest BCUT2D eigenvalue weighted by molar-refractivity contribution is 0.823. The van der Waals surface area contributed by atoms with Crippen LogP contribution in [-0.4, -0.2) is 20.9 Å². The van der Waals surface area contributed by atoms with Crippen molar-refractivity contribution >= 4 is 23.2 Å². The molecule has 0 spiro atoms. The van der Waals surface area contributed by atoms with Gasteiger partial charge < -0.3 is 11.0 Å². The molecule has 0 fully saturated rings. The van der Waals surface area contributed by atoms with Gasteiger partial charge in [0.05, 0.1) is 15.7 Å². The normalized spacial score (nSPS) is 8.88. The molecule has 6 heteroatoms. The van der Waals surface area contributed by atoms with Crippen molar-refractivity contribution in [1.29, 1.82) is 0 Å². The highest BCUT2D eigenvalue weighted by Gasteiger charge is 2.08.